The van der Waals surface area contributed by atoms with Gasteiger partial charge in [0.2, 0.25) is 0 Å². The predicted molar refractivity (Wildman–Crippen MR) is 53.5 cm³/mol. The molecule has 0 aliphatic heterocycles. The molecule has 0 saturated heterocycles. The van der Waals surface area contributed by atoms with Gasteiger partial charge in [-0.1, -0.05) is 0 Å². The van der Waals surface area contributed by atoms with Gasteiger partial charge in [0.1, 0.15) is 16.5 Å². The van der Waals surface area contributed by atoms with Gasteiger partial charge in [0, 0.05) is 6.26 Å². The summed E-state index contributed by atoms with van der Waals surface area (Å²) in [5, 5.41) is 8.71. The molecule has 90 valence electrons. The normalized spacial score (nSPS) is 13.8. The molecule has 1 aromatic rings. The Morgan fingerprint density at radius 3 is 2.12 bits per heavy atom. The Morgan fingerprint density at radius 2 is 1.81 bits per heavy atom. The number of sulfone groups is 1. The van der Waals surface area contributed by atoms with Crippen LogP contribution >= 0.6 is 0 Å². The largest absolute Gasteiger partial charge is 0.394 e. The van der Waals surface area contributed by atoms with Crippen molar-refractivity contribution in [3.05, 3.63) is 29.3 Å². The quantitative estimate of drug-likeness (QED) is 0.812. The lowest BCUT2D eigenvalue weighted by Gasteiger charge is -2.10. The van der Waals surface area contributed by atoms with Gasteiger partial charge in [0.25, 0.3) is 0 Å². The minimum atomic E-state index is -3.97. The zero-order valence-corrected chi connectivity index (χ0v) is 9.26. The highest BCUT2D eigenvalue weighted by molar-refractivity contribution is 7.90. The first kappa shape index (κ1) is 13.0. The lowest BCUT2D eigenvalue weighted by Crippen LogP contribution is -2.16. The van der Waals surface area contributed by atoms with E-state index in [1.165, 1.54) is 0 Å². The van der Waals surface area contributed by atoms with Gasteiger partial charge < -0.3 is 10.8 Å². The highest BCUT2D eigenvalue weighted by atomic mass is 32.2. The van der Waals surface area contributed by atoms with E-state index in [2.05, 4.69) is 0 Å². The molecule has 1 rings (SSSR count). The van der Waals surface area contributed by atoms with Crippen molar-refractivity contribution in [1.82, 2.24) is 0 Å². The molecule has 0 spiro atoms. The molecule has 1 aromatic carbocycles. The maximum absolute atomic E-state index is 13.3. The average Bonchev–Trinajstić information content (AvgIpc) is 2.13. The summed E-state index contributed by atoms with van der Waals surface area (Å²) < 4.78 is 48.8. The molecule has 0 heterocycles. The first-order chi connectivity index (χ1) is 7.27. The molecule has 4 nitrogen and oxygen atoms in total. The highest BCUT2D eigenvalue weighted by Crippen LogP contribution is 2.22. The first-order valence-electron chi connectivity index (χ1n) is 4.32. The average molecular weight is 251 g/mol. The molecule has 0 saturated carbocycles. The van der Waals surface area contributed by atoms with Crippen LogP contribution < -0.4 is 5.73 Å². The molecule has 0 fully saturated rings. The minimum Gasteiger partial charge on any atom is -0.394 e. The van der Waals surface area contributed by atoms with Crippen molar-refractivity contribution < 1.29 is 22.3 Å². The number of hydrogen-bond donors (Lipinski definition) is 2. The monoisotopic (exact) mass is 251 g/mol. The number of aliphatic hydroxyl groups excluding tert-OH is 1. The van der Waals surface area contributed by atoms with Crippen LogP contribution in [0.1, 0.15) is 11.6 Å². The molecule has 0 aromatic heterocycles. The van der Waals surface area contributed by atoms with Crippen LogP contribution in [-0.2, 0) is 9.84 Å². The summed E-state index contributed by atoms with van der Waals surface area (Å²) in [5.74, 6) is -2.41. The van der Waals surface area contributed by atoms with Gasteiger partial charge in [-0.25, -0.2) is 17.2 Å². The zero-order chi connectivity index (χ0) is 12.5. The van der Waals surface area contributed by atoms with Crippen LogP contribution in [0.5, 0.6) is 0 Å². The standard InChI is InChI=1S/C9H11F2NO3S/c1-16(14,15)9-6(10)2-5(3-7(9)11)8(12)4-13/h2-3,8,13H,4,12H2,1H3. The van der Waals surface area contributed by atoms with E-state index < -0.39 is 39.0 Å². The number of aliphatic hydroxyl groups is 1. The van der Waals surface area contributed by atoms with Crippen LogP contribution in [0.15, 0.2) is 17.0 Å². The maximum Gasteiger partial charge on any atom is 0.181 e. The van der Waals surface area contributed by atoms with Gasteiger partial charge in [-0.15, -0.1) is 0 Å². The van der Waals surface area contributed by atoms with Gasteiger partial charge in [-0.05, 0) is 17.7 Å². The van der Waals surface area contributed by atoms with E-state index in [0.717, 1.165) is 12.1 Å². The van der Waals surface area contributed by atoms with Gasteiger partial charge in [-0.2, -0.15) is 0 Å². The van der Waals surface area contributed by atoms with Crippen LogP contribution in [0.25, 0.3) is 0 Å². The topological polar surface area (TPSA) is 80.4 Å². The predicted octanol–water partition coefficient (Wildman–Crippen LogP) is 0.360. The van der Waals surface area contributed by atoms with Crippen molar-refractivity contribution in [1.29, 1.82) is 0 Å². The molecule has 16 heavy (non-hydrogen) atoms. The molecule has 0 amide bonds. The SMILES string of the molecule is CS(=O)(=O)c1c(F)cc(C(N)CO)cc1F. The molecule has 7 heteroatoms. The third kappa shape index (κ3) is 2.55. The van der Waals surface area contributed by atoms with Crippen molar-refractivity contribution in [2.45, 2.75) is 10.9 Å². The number of benzene rings is 1. The summed E-state index contributed by atoms with van der Waals surface area (Å²) in [6.07, 6.45) is 0.708. The summed E-state index contributed by atoms with van der Waals surface area (Å²) in [7, 11) is -3.97. The van der Waals surface area contributed by atoms with Gasteiger partial charge >= 0.3 is 0 Å². The fourth-order valence-electron chi connectivity index (χ4n) is 1.25. The van der Waals surface area contributed by atoms with E-state index in [1.54, 1.807) is 0 Å². The molecule has 0 radical (unpaired) electrons. The Bertz CT molecular complexity index is 478. The Hall–Kier alpha value is -1.05. The molecule has 1 atom stereocenters. The van der Waals surface area contributed by atoms with E-state index in [1.807, 2.05) is 0 Å². The summed E-state index contributed by atoms with van der Waals surface area (Å²) in [6.45, 7) is -0.489. The lowest BCUT2D eigenvalue weighted by molar-refractivity contribution is 0.267. The minimum absolute atomic E-state index is 0.00454. The van der Waals surface area contributed by atoms with E-state index in [0.29, 0.717) is 6.26 Å². The lowest BCUT2D eigenvalue weighted by atomic mass is 10.1. The van der Waals surface area contributed by atoms with Crippen molar-refractivity contribution >= 4 is 9.84 Å². The second kappa shape index (κ2) is 4.44. The smallest absolute Gasteiger partial charge is 0.181 e. The number of hydrogen-bond acceptors (Lipinski definition) is 4. The first-order valence-corrected chi connectivity index (χ1v) is 6.22. The summed E-state index contributed by atoms with van der Waals surface area (Å²) >= 11 is 0. The summed E-state index contributed by atoms with van der Waals surface area (Å²) in [6, 6.07) is 0.665. The van der Waals surface area contributed by atoms with Crippen molar-refractivity contribution in [2.75, 3.05) is 12.9 Å². The number of nitrogens with two attached hydrogens (primary N) is 1. The molecule has 0 aliphatic carbocycles. The van der Waals surface area contributed by atoms with E-state index >= 15 is 0 Å². The van der Waals surface area contributed by atoms with Crippen molar-refractivity contribution in [3.63, 3.8) is 0 Å². The van der Waals surface area contributed by atoms with Gasteiger partial charge in [0.05, 0.1) is 12.6 Å². The van der Waals surface area contributed by atoms with Crippen molar-refractivity contribution in [2.24, 2.45) is 5.73 Å². The second-order valence-electron chi connectivity index (χ2n) is 3.37. The Balaban J connectivity index is 3.40. The number of rotatable bonds is 3. The highest BCUT2D eigenvalue weighted by Gasteiger charge is 2.21. The van der Waals surface area contributed by atoms with Crippen LogP contribution in [0, 0.1) is 11.6 Å². The van der Waals surface area contributed by atoms with Crippen LogP contribution in [0.2, 0.25) is 0 Å². The molecular formula is C9H11F2NO3S. The fraction of sp³-hybridized carbons (Fsp3) is 0.333. The molecule has 0 bridgehead atoms. The third-order valence-corrected chi connectivity index (χ3v) is 3.15. The Morgan fingerprint density at radius 1 is 1.38 bits per heavy atom. The third-order valence-electron chi connectivity index (χ3n) is 2.02. The van der Waals surface area contributed by atoms with Crippen LogP contribution in [0.3, 0.4) is 0 Å². The van der Waals surface area contributed by atoms with Gasteiger partial charge in [-0.3, -0.25) is 0 Å². The molecule has 1 unspecified atom stereocenters. The van der Waals surface area contributed by atoms with Gasteiger partial charge in [0.15, 0.2) is 9.84 Å². The fourth-order valence-corrected chi connectivity index (χ4v) is 2.08. The summed E-state index contributed by atoms with van der Waals surface area (Å²) in [5.41, 5.74) is 5.36. The van der Waals surface area contributed by atoms with Crippen molar-refractivity contribution in [3.8, 4) is 0 Å². The van der Waals surface area contributed by atoms with Crippen LogP contribution in [0.4, 0.5) is 8.78 Å². The Labute approximate surface area is 91.6 Å². The molecular weight excluding hydrogens is 240 g/mol. The number of halogens is 2. The molecule has 3 N–H and O–H groups in total. The van der Waals surface area contributed by atoms with E-state index in [4.69, 9.17) is 10.8 Å². The Kier molecular flexibility index (Phi) is 3.61. The zero-order valence-electron chi connectivity index (χ0n) is 8.44. The second-order valence-corrected chi connectivity index (χ2v) is 5.33. The maximum atomic E-state index is 13.3. The van der Waals surface area contributed by atoms with E-state index in [-0.39, 0.29) is 5.56 Å². The van der Waals surface area contributed by atoms with E-state index in [9.17, 15) is 17.2 Å². The van der Waals surface area contributed by atoms with Crippen LogP contribution in [-0.4, -0.2) is 26.4 Å². The molecule has 0 aliphatic rings. The summed E-state index contributed by atoms with van der Waals surface area (Å²) in [4.78, 5) is -0.985.